The molecule has 1 atom stereocenters. The molecule has 0 fully saturated rings. The van der Waals surface area contributed by atoms with Gasteiger partial charge in [0.2, 0.25) is 0 Å². The molecule has 0 aromatic heterocycles. The molecular weight excluding hydrogens is 456 g/mol. The van der Waals surface area contributed by atoms with Crippen LogP contribution in [0.4, 0.5) is 8.78 Å². The van der Waals surface area contributed by atoms with Crippen LogP contribution in [-0.4, -0.2) is 37.4 Å². The van der Waals surface area contributed by atoms with Crippen LogP contribution in [0.5, 0.6) is 17.2 Å². The van der Waals surface area contributed by atoms with Crippen molar-refractivity contribution in [1.29, 1.82) is 0 Å². The van der Waals surface area contributed by atoms with Crippen molar-refractivity contribution in [3.05, 3.63) is 89.5 Å². The zero-order chi connectivity index (χ0) is 24.7. The van der Waals surface area contributed by atoms with E-state index in [1.807, 2.05) is 30.3 Å². The van der Waals surface area contributed by atoms with E-state index in [1.165, 1.54) is 36.4 Å². The van der Waals surface area contributed by atoms with Gasteiger partial charge in [-0.25, -0.2) is 0 Å². The molecule has 184 valence electrons. The normalized spacial score (nSPS) is 13.8. The molecule has 0 saturated heterocycles. The summed E-state index contributed by atoms with van der Waals surface area (Å²) in [4.78, 5) is 10.7. The van der Waals surface area contributed by atoms with Gasteiger partial charge in [0.05, 0.1) is 12.1 Å². The second kappa shape index (κ2) is 11.2. The molecule has 2 N–H and O–H groups in total. The Balaban J connectivity index is 1.48. The lowest BCUT2D eigenvalue weighted by Crippen LogP contribution is -2.24. The van der Waals surface area contributed by atoms with E-state index in [-0.39, 0.29) is 36.1 Å². The third-order valence-electron chi connectivity index (χ3n) is 5.67. The van der Waals surface area contributed by atoms with Gasteiger partial charge in [-0.2, -0.15) is 8.78 Å². The van der Waals surface area contributed by atoms with Crippen molar-refractivity contribution in [3.63, 3.8) is 0 Å². The number of rotatable bonds is 11. The second-order valence-electron chi connectivity index (χ2n) is 8.16. The van der Waals surface area contributed by atoms with Gasteiger partial charge in [0.15, 0.2) is 11.5 Å². The number of carboxylic acid groups (broad SMARTS) is 1. The van der Waals surface area contributed by atoms with Gasteiger partial charge in [-0.15, -0.1) is 0 Å². The number of para-hydroxylation sites is 1. The smallest absolute Gasteiger partial charge is 0.317 e. The lowest BCUT2D eigenvalue weighted by molar-refractivity contribution is -0.135. The summed E-state index contributed by atoms with van der Waals surface area (Å²) in [6.07, 6.45) is 1.01. The number of halogens is 2. The summed E-state index contributed by atoms with van der Waals surface area (Å²) in [7, 11) is 0. The minimum atomic E-state index is -3.28. The van der Waals surface area contributed by atoms with Gasteiger partial charge in [0.25, 0.3) is 0 Å². The Labute approximate surface area is 202 Å². The van der Waals surface area contributed by atoms with Crippen molar-refractivity contribution < 1.29 is 32.9 Å². The van der Waals surface area contributed by atoms with E-state index in [0.29, 0.717) is 37.5 Å². The van der Waals surface area contributed by atoms with Crippen LogP contribution in [-0.2, 0) is 10.7 Å². The molecule has 35 heavy (non-hydrogen) atoms. The number of fused-ring (bicyclic) bond motifs is 1. The van der Waals surface area contributed by atoms with Crippen LogP contribution in [0.15, 0.2) is 72.8 Å². The molecule has 4 rings (SSSR count). The molecule has 8 heteroatoms. The first kappa shape index (κ1) is 24.5. The second-order valence-corrected chi connectivity index (χ2v) is 8.16. The lowest BCUT2D eigenvalue weighted by Gasteiger charge is -2.25. The number of aliphatic carboxylic acids is 1. The molecule has 0 radical (unpaired) electrons. The highest BCUT2D eigenvalue weighted by atomic mass is 19.3. The fourth-order valence-electron chi connectivity index (χ4n) is 3.95. The molecular formula is C27H27F2NO5. The lowest BCUT2D eigenvalue weighted by atomic mass is 9.98. The van der Waals surface area contributed by atoms with Gasteiger partial charge in [-0.05, 0) is 61.3 Å². The molecule has 0 amide bonds. The minimum Gasteiger partial charge on any atom is -0.486 e. The number of nitrogens with one attached hydrogen (secondary N) is 1. The summed E-state index contributed by atoms with van der Waals surface area (Å²) in [6, 6.07) is 19.9. The summed E-state index contributed by atoms with van der Waals surface area (Å²) in [6.45, 7) is 0.970. The van der Waals surface area contributed by atoms with Crippen LogP contribution in [0.1, 0.15) is 35.6 Å². The highest BCUT2D eigenvalue weighted by Gasteiger charge is 2.39. The van der Waals surface area contributed by atoms with Gasteiger partial charge in [-0.3, -0.25) is 4.79 Å². The Morgan fingerprint density at radius 3 is 2.49 bits per heavy atom. The largest absolute Gasteiger partial charge is 0.486 e. The highest BCUT2D eigenvalue weighted by molar-refractivity contribution is 5.68. The van der Waals surface area contributed by atoms with Gasteiger partial charge in [0.1, 0.15) is 25.1 Å². The van der Waals surface area contributed by atoms with Crippen LogP contribution in [0.25, 0.3) is 0 Å². The van der Waals surface area contributed by atoms with Crippen molar-refractivity contribution in [3.8, 4) is 17.2 Å². The predicted molar refractivity (Wildman–Crippen MR) is 126 cm³/mol. The molecule has 1 aliphatic rings. The van der Waals surface area contributed by atoms with Crippen molar-refractivity contribution in [1.82, 2.24) is 5.32 Å². The minimum absolute atomic E-state index is 0.0738. The number of carboxylic acids is 1. The van der Waals surface area contributed by atoms with Gasteiger partial charge >= 0.3 is 11.9 Å². The van der Waals surface area contributed by atoms with E-state index in [4.69, 9.17) is 19.3 Å². The van der Waals surface area contributed by atoms with Crippen molar-refractivity contribution in [2.75, 3.05) is 26.3 Å². The first-order chi connectivity index (χ1) is 16.9. The fraction of sp³-hybridized carbons (Fsp3) is 0.296. The molecule has 3 aromatic rings. The summed E-state index contributed by atoms with van der Waals surface area (Å²) < 4.78 is 47.9. The Hall–Kier alpha value is -3.65. The number of ether oxygens (including phenoxy) is 3. The summed E-state index contributed by atoms with van der Waals surface area (Å²) in [5.74, 6) is -3.33. The maximum absolute atomic E-state index is 15.4. The molecule has 0 aliphatic carbocycles. The number of alkyl halides is 2. The van der Waals surface area contributed by atoms with Gasteiger partial charge < -0.3 is 24.6 Å². The van der Waals surface area contributed by atoms with E-state index in [9.17, 15) is 4.79 Å². The fourth-order valence-corrected chi connectivity index (χ4v) is 3.95. The Morgan fingerprint density at radius 1 is 1.00 bits per heavy atom. The average Bonchev–Trinajstić information content (AvgIpc) is 2.88. The van der Waals surface area contributed by atoms with E-state index in [0.717, 1.165) is 5.56 Å². The van der Waals surface area contributed by atoms with Gasteiger partial charge in [0, 0.05) is 5.56 Å². The molecule has 0 spiro atoms. The van der Waals surface area contributed by atoms with Crippen LogP contribution in [0.2, 0.25) is 0 Å². The molecule has 3 aromatic carbocycles. The zero-order valence-electron chi connectivity index (χ0n) is 19.1. The third kappa shape index (κ3) is 6.08. The molecule has 1 aliphatic heterocycles. The predicted octanol–water partition coefficient (Wildman–Crippen LogP) is 5.17. The quantitative estimate of drug-likeness (QED) is 0.367. The molecule has 0 saturated carbocycles. The van der Waals surface area contributed by atoms with Crippen LogP contribution in [0.3, 0.4) is 0 Å². The average molecular weight is 484 g/mol. The van der Waals surface area contributed by atoms with Crippen molar-refractivity contribution >= 4 is 5.97 Å². The van der Waals surface area contributed by atoms with E-state index in [1.54, 1.807) is 6.07 Å². The Kier molecular flexibility index (Phi) is 7.82. The Morgan fingerprint density at radius 2 is 1.74 bits per heavy atom. The van der Waals surface area contributed by atoms with Crippen LogP contribution in [0, 0.1) is 0 Å². The first-order valence-electron chi connectivity index (χ1n) is 11.5. The Bertz CT molecular complexity index is 1120. The SMILES string of the molecule is O=C(O)CNCCCC(Oc1ccc(C(F)(F)c2cccc3c2OCCO3)cc1)c1ccccc1. The molecule has 0 bridgehead atoms. The van der Waals surface area contributed by atoms with E-state index < -0.39 is 11.9 Å². The van der Waals surface area contributed by atoms with Crippen molar-refractivity contribution in [2.45, 2.75) is 24.9 Å². The first-order valence-corrected chi connectivity index (χ1v) is 11.5. The number of hydrogen-bond acceptors (Lipinski definition) is 5. The maximum Gasteiger partial charge on any atom is 0.317 e. The third-order valence-corrected chi connectivity index (χ3v) is 5.67. The van der Waals surface area contributed by atoms with Crippen LogP contribution < -0.4 is 19.5 Å². The maximum atomic E-state index is 15.4. The number of hydrogen-bond donors (Lipinski definition) is 2. The van der Waals surface area contributed by atoms with E-state index >= 15 is 8.78 Å². The molecule has 1 heterocycles. The number of benzene rings is 3. The summed E-state index contributed by atoms with van der Waals surface area (Å²) >= 11 is 0. The topological polar surface area (TPSA) is 77.0 Å². The van der Waals surface area contributed by atoms with E-state index in [2.05, 4.69) is 5.32 Å². The summed E-state index contributed by atoms with van der Waals surface area (Å²) in [5.41, 5.74) is 0.536. The highest BCUT2D eigenvalue weighted by Crippen LogP contribution is 2.45. The van der Waals surface area contributed by atoms with Crippen LogP contribution >= 0.6 is 0 Å². The number of carbonyl (C=O) groups is 1. The molecule has 1 unspecified atom stereocenters. The standard InChI is InChI=1S/C27H27F2NO5/c28-27(29,22-8-4-9-24-26(22)34-17-16-33-24)20-11-13-21(14-12-20)35-23(19-6-2-1-3-7-19)10-5-15-30-18-25(31)32/h1-4,6-9,11-14,23,30H,5,10,15-18H2,(H,31,32). The summed E-state index contributed by atoms with van der Waals surface area (Å²) in [5, 5.41) is 11.6. The van der Waals surface area contributed by atoms with Gasteiger partial charge in [-0.1, -0.05) is 36.4 Å². The van der Waals surface area contributed by atoms with Crippen molar-refractivity contribution in [2.24, 2.45) is 0 Å². The molecule has 6 nitrogen and oxygen atoms in total. The zero-order valence-corrected chi connectivity index (χ0v) is 19.1. The monoisotopic (exact) mass is 483 g/mol.